The molecule has 0 radical (unpaired) electrons. The van der Waals surface area contributed by atoms with Crippen LogP contribution in [0.2, 0.25) is 0 Å². The standard InChI is InChI=1S/C25H19BrFNO4/c1-2-30-23-14-17(9-12-22(23)31-15-16-7-10-18(27)11-8-16)13-21-25(29)32-24(28-21)19-5-3-4-6-20(19)26/h3-14H,2,15H2,1H3/b21-13-. The van der Waals surface area contributed by atoms with Crippen LogP contribution in [0.3, 0.4) is 0 Å². The third-order valence-electron chi connectivity index (χ3n) is 4.60. The van der Waals surface area contributed by atoms with Gasteiger partial charge in [-0.3, -0.25) is 0 Å². The molecule has 0 saturated heterocycles. The van der Waals surface area contributed by atoms with Crippen LogP contribution in [0.4, 0.5) is 4.39 Å². The van der Waals surface area contributed by atoms with Gasteiger partial charge in [-0.15, -0.1) is 0 Å². The largest absolute Gasteiger partial charge is 0.490 e. The number of ether oxygens (including phenoxy) is 3. The highest BCUT2D eigenvalue weighted by atomic mass is 79.9. The van der Waals surface area contributed by atoms with Gasteiger partial charge in [-0.25, -0.2) is 14.2 Å². The Balaban J connectivity index is 1.56. The first kappa shape index (κ1) is 21.8. The molecule has 5 nitrogen and oxygen atoms in total. The normalized spacial score (nSPS) is 14.3. The number of esters is 1. The van der Waals surface area contributed by atoms with Crippen molar-refractivity contribution in [3.63, 3.8) is 0 Å². The second-order valence-corrected chi connectivity index (χ2v) is 7.72. The Labute approximate surface area is 193 Å². The van der Waals surface area contributed by atoms with E-state index in [2.05, 4.69) is 20.9 Å². The predicted octanol–water partition coefficient (Wildman–Crippen LogP) is 5.91. The van der Waals surface area contributed by atoms with Crippen LogP contribution in [0.15, 0.2) is 81.9 Å². The number of benzene rings is 3. The van der Waals surface area contributed by atoms with Gasteiger partial charge in [0, 0.05) is 4.47 Å². The molecule has 3 aromatic rings. The van der Waals surface area contributed by atoms with Crippen LogP contribution in [-0.4, -0.2) is 18.5 Å². The van der Waals surface area contributed by atoms with Gasteiger partial charge in [-0.1, -0.05) is 30.3 Å². The third-order valence-corrected chi connectivity index (χ3v) is 5.29. The van der Waals surface area contributed by atoms with Crippen molar-refractivity contribution in [3.8, 4) is 11.5 Å². The first-order chi connectivity index (χ1) is 15.5. The van der Waals surface area contributed by atoms with Gasteiger partial charge in [-0.05, 0) is 76.5 Å². The van der Waals surface area contributed by atoms with Crippen molar-refractivity contribution in [3.05, 3.63) is 99.4 Å². The number of rotatable bonds is 7. The van der Waals surface area contributed by atoms with E-state index in [0.717, 1.165) is 10.0 Å². The molecular formula is C25H19BrFNO4. The highest BCUT2D eigenvalue weighted by Gasteiger charge is 2.25. The number of hydrogen-bond acceptors (Lipinski definition) is 5. The molecule has 4 rings (SSSR count). The molecule has 0 amide bonds. The van der Waals surface area contributed by atoms with E-state index in [-0.39, 0.29) is 24.0 Å². The zero-order chi connectivity index (χ0) is 22.5. The summed E-state index contributed by atoms with van der Waals surface area (Å²) in [5.74, 6) is 0.510. The monoisotopic (exact) mass is 495 g/mol. The summed E-state index contributed by atoms with van der Waals surface area (Å²) >= 11 is 3.44. The maximum Gasteiger partial charge on any atom is 0.363 e. The van der Waals surface area contributed by atoms with Crippen LogP contribution < -0.4 is 9.47 Å². The molecule has 0 spiro atoms. The Morgan fingerprint density at radius 1 is 1.03 bits per heavy atom. The average molecular weight is 496 g/mol. The summed E-state index contributed by atoms with van der Waals surface area (Å²) in [6.07, 6.45) is 1.64. The summed E-state index contributed by atoms with van der Waals surface area (Å²) in [4.78, 5) is 16.7. The van der Waals surface area contributed by atoms with Crippen molar-refractivity contribution in [2.75, 3.05) is 6.61 Å². The molecule has 162 valence electrons. The Morgan fingerprint density at radius 3 is 2.56 bits per heavy atom. The molecule has 0 aromatic heterocycles. The minimum atomic E-state index is -0.523. The van der Waals surface area contributed by atoms with Crippen LogP contribution in [0.1, 0.15) is 23.6 Å². The molecule has 0 fully saturated rings. The summed E-state index contributed by atoms with van der Waals surface area (Å²) in [6, 6.07) is 18.8. The summed E-state index contributed by atoms with van der Waals surface area (Å²) in [5.41, 5.74) is 2.44. The van der Waals surface area contributed by atoms with Gasteiger partial charge < -0.3 is 14.2 Å². The lowest BCUT2D eigenvalue weighted by atomic mass is 10.1. The van der Waals surface area contributed by atoms with Gasteiger partial charge in [0.1, 0.15) is 12.4 Å². The van der Waals surface area contributed by atoms with E-state index in [1.165, 1.54) is 12.1 Å². The van der Waals surface area contributed by atoms with Gasteiger partial charge in [0.15, 0.2) is 17.2 Å². The van der Waals surface area contributed by atoms with E-state index in [1.807, 2.05) is 31.2 Å². The van der Waals surface area contributed by atoms with Crippen LogP contribution in [0.5, 0.6) is 11.5 Å². The van der Waals surface area contributed by atoms with Crippen molar-refractivity contribution < 1.29 is 23.4 Å². The number of carbonyl (C=O) groups excluding carboxylic acids is 1. The molecule has 1 aliphatic rings. The van der Waals surface area contributed by atoms with E-state index in [1.54, 1.807) is 36.4 Å². The zero-order valence-electron chi connectivity index (χ0n) is 17.2. The molecule has 0 saturated carbocycles. The fourth-order valence-corrected chi connectivity index (χ4v) is 3.51. The maximum absolute atomic E-state index is 13.1. The van der Waals surface area contributed by atoms with E-state index in [9.17, 15) is 9.18 Å². The Hall–Kier alpha value is -3.45. The molecule has 3 aromatic carbocycles. The van der Waals surface area contributed by atoms with Gasteiger partial charge in [0.05, 0.1) is 12.2 Å². The van der Waals surface area contributed by atoms with Crippen molar-refractivity contribution in [2.45, 2.75) is 13.5 Å². The van der Waals surface area contributed by atoms with Crippen LogP contribution in [-0.2, 0) is 16.1 Å². The highest BCUT2D eigenvalue weighted by Crippen LogP contribution is 2.31. The molecule has 1 heterocycles. The molecule has 0 unspecified atom stereocenters. The first-order valence-corrected chi connectivity index (χ1v) is 10.7. The predicted molar refractivity (Wildman–Crippen MR) is 123 cm³/mol. The first-order valence-electron chi connectivity index (χ1n) is 9.95. The summed E-state index contributed by atoms with van der Waals surface area (Å²) < 4.78 is 30.8. The number of halogens is 2. The van der Waals surface area contributed by atoms with Crippen LogP contribution >= 0.6 is 15.9 Å². The number of hydrogen-bond donors (Lipinski definition) is 0. The quantitative estimate of drug-likeness (QED) is 0.302. The Bertz CT molecular complexity index is 1200. The second kappa shape index (κ2) is 9.78. The third kappa shape index (κ3) is 5.06. The lowest BCUT2D eigenvalue weighted by Crippen LogP contribution is -2.05. The smallest absolute Gasteiger partial charge is 0.363 e. The number of carbonyl (C=O) groups is 1. The molecular weight excluding hydrogens is 477 g/mol. The Kier molecular flexibility index (Phi) is 6.66. The van der Waals surface area contributed by atoms with E-state index in [4.69, 9.17) is 14.2 Å². The molecule has 7 heteroatoms. The van der Waals surface area contributed by atoms with Crippen LogP contribution in [0.25, 0.3) is 6.08 Å². The Morgan fingerprint density at radius 2 is 1.81 bits per heavy atom. The van der Waals surface area contributed by atoms with Gasteiger partial charge in [0.25, 0.3) is 0 Å². The van der Waals surface area contributed by atoms with Gasteiger partial charge in [0.2, 0.25) is 5.90 Å². The molecule has 32 heavy (non-hydrogen) atoms. The number of aliphatic imine (C=N–C) groups is 1. The van der Waals surface area contributed by atoms with Crippen molar-refractivity contribution in [2.24, 2.45) is 4.99 Å². The van der Waals surface area contributed by atoms with E-state index in [0.29, 0.717) is 29.2 Å². The lowest BCUT2D eigenvalue weighted by molar-refractivity contribution is -0.129. The van der Waals surface area contributed by atoms with Crippen molar-refractivity contribution >= 4 is 33.9 Å². The van der Waals surface area contributed by atoms with E-state index >= 15 is 0 Å². The molecule has 0 bridgehead atoms. The summed E-state index contributed by atoms with van der Waals surface area (Å²) in [6.45, 7) is 2.59. The fourth-order valence-electron chi connectivity index (χ4n) is 3.06. The molecule has 0 atom stereocenters. The minimum absolute atomic E-state index is 0.193. The lowest BCUT2D eigenvalue weighted by Gasteiger charge is -2.13. The maximum atomic E-state index is 13.1. The summed E-state index contributed by atoms with van der Waals surface area (Å²) in [7, 11) is 0. The fraction of sp³-hybridized carbons (Fsp3) is 0.120. The molecule has 1 aliphatic heterocycles. The number of cyclic esters (lactones) is 1. The van der Waals surface area contributed by atoms with Gasteiger partial charge in [-0.2, -0.15) is 0 Å². The summed E-state index contributed by atoms with van der Waals surface area (Å²) in [5, 5.41) is 0. The average Bonchev–Trinajstić information content (AvgIpc) is 3.15. The zero-order valence-corrected chi connectivity index (χ0v) is 18.8. The van der Waals surface area contributed by atoms with Crippen molar-refractivity contribution in [1.29, 1.82) is 0 Å². The highest BCUT2D eigenvalue weighted by molar-refractivity contribution is 9.10. The molecule has 0 aliphatic carbocycles. The topological polar surface area (TPSA) is 57.1 Å². The van der Waals surface area contributed by atoms with Gasteiger partial charge >= 0.3 is 5.97 Å². The number of nitrogens with zero attached hydrogens (tertiary/aromatic N) is 1. The van der Waals surface area contributed by atoms with Crippen molar-refractivity contribution in [1.82, 2.24) is 0 Å². The molecule has 0 N–H and O–H groups in total. The van der Waals surface area contributed by atoms with E-state index < -0.39 is 5.97 Å². The second-order valence-electron chi connectivity index (χ2n) is 6.87. The van der Waals surface area contributed by atoms with Crippen LogP contribution in [0, 0.1) is 5.82 Å². The minimum Gasteiger partial charge on any atom is -0.490 e. The SMILES string of the molecule is CCOc1cc(/C=C2\N=C(c3ccccc3Br)OC2=O)ccc1OCc1ccc(F)cc1.